The molecule has 1 saturated carbocycles. The zero-order valence-corrected chi connectivity index (χ0v) is 14.3. The van der Waals surface area contributed by atoms with Crippen molar-refractivity contribution < 1.29 is 4.74 Å². The van der Waals surface area contributed by atoms with Crippen LogP contribution in [0.2, 0.25) is 0 Å². The molecule has 1 atom stereocenters. The lowest BCUT2D eigenvalue weighted by Gasteiger charge is -2.26. The van der Waals surface area contributed by atoms with Crippen molar-refractivity contribution in [1.29, 1.82) is 0 Å². The average Bonchev–Trinajstić information content (AvgIpc) is 3.22. The second kappa shape index (κ2) is 5.72. The number of aromatic nitrogens is 4. The van der Waals surface area contributed by atoms with Crippen molar-refractivity contribution >= 4 is 11.5 Å². The highest BCUT2D eigenvalue weighted by Crippen LogP contribution is 2.41. The van der Waals surface area contributed by atoms with Gasteiger partial charge in [-0.1, -0.05) is 12.1 Å². The summed E-state index contributed by atoms with van der Waals surface area (Å²) in [5, 5.41) is 8.91. The molecular weight excluding hydrogens is 314 g/mol. The Morgan fingerprint density at radius 3 is 2.68 bits per heavy atom. The fourth-order valence-electron chi connectivity index (χ4n) is 3.85. The standard InChI is InChI=1S/C19H21N5O/c1-25-15-8-6-13(7-9-15)16-3-2-11-23(16)18-19-22-21-17(14-4-5-14)24(19)12-10-20-18/h6-10,12,14,16H,2-5,11H2,1H3. The summed E-state index contributed by atoms with van der Waals surface area (Å²) in [6.07, 6.45) is 8.58. The van der Waals surface area contributed by atoms with Crippen molar-refractivity contribution in [3.8, 4) is 5.75 Å². The predicted molar refractivity (Wildman–Crippen MR) is 95.1 cm³/mol. The molecule has 0 bridgehead atoms. The number of hydrogen-bond acceptors (Lipinski definition) is 5. The van der Waals surface area contributed by atoms with Crippen molar-refractivity contribution in [1.82, 2.24) is 19.6 Å². The summed E-state index contributed by atoms with van der Waals surface area (Å²) in [7, 11) is 1.70. The molecule has 3 heterocycles. The molecule has 1 aliphatic carbocycles. The molecule has 1 unspecified atom stereocenters. The van der Waals surface area contributed by atoms with Gasteiger partial charge in [-0.3, -0.25) is 4.40 Å². The fourth-order valence-corrected chi connectivity index (χ4v) is 3.85. The highest BCUT2D eigenvalue weighted by molar-refractivity contribution is 5.65. The summed E-state index contributed by atoms with van der Waals surface area (Å²) < 4.78 is 7.41. The smallest absolute Gasteiger partial charge is 0.203 e. The Kier molecular flexibility index (Phi) is 3.36. The molecule has 2 aromatic heterocycles. The molecule has 25 heavy (non-hydrogen) atoms. The normalized spacial score (nSPS) is 20.4. The molecule has 2 aliphatic rings. The summed E-state index contributed by atoms with van der Waals surface area (Å²) >= 11 is 0. The molecule has 2 fully saturated rings. The number of nitrogens with zero attached hydrogens (tertiary/aromatic N) is 5. The Morgan fingerprint density at radius 2 is 1.92 bits per heavy atom. The van der Waals surface area contributed by atoms with E-state index in [9.17, 15) is 0 Å². The van der Waals surface area contributed by atoms with Gasteiger partial charge in [-0.25, -0.2) is 4.98 Å². The Hall–Kier alpha value is -2.63. The summed E-state index contributed by atoms with van der Waals surface area (Å²) in [5.74, 6) is 3.49. The first-order valence-electron chi connectivity index (χ1n) is 8.95. The molecule has 128 valence electrons. The van der Waals surface area contributed by atoms with Crippen molar-refractivity contribution in [2.75, 3.05) is 18.6 Å². The Balaban J connectivity index is 1.54. The topological polar surface area (TPSA) is 55.5 Å². The van der Waals surface area contributed by atoms with Crippen molar-refractivity contribution in [2.45, 2.75) is 37.6 Å². The molecule has 3 aromatic rings. The van der Waals surface area contributed by atoms with Crippen LogP contribution in [0.1, 0.15) is 49.0 Å². The highest BCUT2D eigenvalue weighted by atomic mass is 16.5. The lowest BCUT2D eigenvalue weighted by atomic mass is 10.0. The molecule has 1 saturated heterocycles. The summed E-state index contributed by atoms with van der Waals surface area (Å²) in [5.41, 5.74) is 2.17. The van der Waals surface area contributed by atoms with E-state index in [2.05, 4.69) is 36.6 Å². The minimum absolute atomic E-state index is 0.325. The highest BCUT2D eigenvalue weighted by Gasteiger charge is 2.32. The van der Waals surface area contributed by atoms with Crippen LogP contribution < -0.4 is 9.64 Å². The molecular formula is C19H21N5O. The Bertz CT molecular complexity index is 900. The zero-order chi connectivity index (χ0) is 16.8. The van der Waals surface area contributed by atoms with Gasteiger partial charge in [-0.15, -0.1) is 10.2 Å². The van der Waals surface area contributed by atoms with Crippen molar-refractivity contribution in [2.24, 2.45) is 0 Å². The van der Waals surface area contributed by atoms with Crippen LogP contribution in [0.3, 0.4) is 0 Å². The molecule has 0 N–H and O–H groups in total. The Morgan fingerprint density at radius 1 is 1.08 bits per heavy atom. The second-order valence-corrected chi connectivity index (χ2v) is 6.90. The van der Waals surface area contributed by atoms with E-state index in [4.69, 9.17) is 4.74 Å². The van der Waals surface area contributed by atoms with Crippen molar-refractivity contribution in [3.05, 3.63) is 48.0 Å². The molecule has 6 nitrogen and oxygen atoms in total. The molecule has 0 amide bonds. The van der Waals surface area contributed by atoms with Crippen LogP contribution >= 0.6 is 0 Å². The summed E-state index contributed by atoms with van der Waals surface area (Å²) in [4.78, 5) is 7.05. The fraction of sp³-hybridized carbons (Fsp3) is 0.421. The quantitative estimate of drug-likeness (QED) is 0.732. The first kappa shape index (κ1) is 14.7. The lowest BCUT2D eigenvalue weighted by molar-refractivity contribution is 0.414. The van der Waals surface area contributed by atoms with Crippen LogP contribution in [0.25, 0.3) is 5.65 Å². The van der Waals surface area contributed by atoms with Crippen LogP contribution in [0, 0.1) is 0 Å². The number of benzene rings is 1. The first-order chi connectivity index (χ1) is 12.3. The molecule has 0 spiro atoms. The van der Waals surface area contributed by atoms with Gasteiger partial charge in [0.05, 0.1) is 13.2 Å². The van der Waals surface area contributed by atoms with Gasteiger partial charge < -0.3 is 9.64 Å². The molecule has 0 radical (unpaired) electrons. The van der Waals surface area contributed by atoms with Crippen LogP contribution in [-0.4, -0.2) is 33.2 Å². The van der Waals surface area contributed by atoms with Gasteiger partial charge in [0, 0.05) is 24.9 Å². The summed E-state index contributed by atoms with van der Waals surface area (Å²) in [6.45, 7) is 0.995. The van der Waals surface area contributed by atoms with E-state index < -0.39 is 0 Å². The molecule has 1 aromatic carbocycles. The second-order valence-electron chi connectivity index (χ2n) is 6.90. The van der Waals surface area contributed by atoms with Gasteiger partial charge in [-0.2, -0.15) is 0 Å². The Labute approximate surface area is 146 Å². The number of ether oxygens (including phenoxy) is 1. The molecule has 5 rings (SSSR count). The minimum atomic E-state index is 0.325. The van der Waals surface area contributed by atoms with Gasteiger partial charge in [0.2, 0.25) is 5.65 Å². The minimum Gasteiger partial charge on any atom is -0.497 e. The summed E-state index contributed by atoms with van der Waals surface area (Å²) in [6, 6.07) is 8.69. The first-order valence-corrected chi connectivity index (χ1v) is 8.95. The van der Waals surface area contributed by atoms with Gasteiger partial charge in [0.1, 0.15) is 11.6 Å². The van der Waals surface area contributed by atoms with Crippen LogP contribution in [-0.2, 0) is 0 Å². The van der Waals surface area contributed by atoms with Crippen LogP contribution in [0.4, 0.5) is 5.82 Å². The number of fused-ring (bicyclic) bond motifs is 1. The van der Waals surface area contributed by atoms with Crippen LogP contribution in [0.5, 0.6) is 5.75 Å². The number of anilines is 1. The monoisotopic (exact) mass is 335 g/mol. The average molecular weight is 335 g/mol. The number of rotatable bonds is 4. The number of methoxy groups -OCH3 is 1. The van der Waals surface area contributed by atoms with E-state index in [1.54, 1.807) is 7.11 Å². The lowest BCUT2D eigenvalue weighted by Crippen LogP contribution is -2.24. The maximum atomic E-state index is 5.28. The largest absolute Gasteiger partial charge is 0.497 e. The van der Waals surface area contributed by atoms with Crippen molar-refractivity contribution in [3.63, 3.8) is 0 Å². The van der Waals surface area contributed by atoms with Gasteiger partial charge in [0.25, 0.3) is 0 Å². The molecule has 1 aliphatic heterocycles. The van der Waals surface area contributed by atoms with E-state index in [0.717, 1.165) is 42.4 Å². The van der Waals surface area contributed by atoms with E-state index in [-0.39, 0.29) is 0 Å². The maximum Gasteiger partial charge on any atom is 0.203 e. The zero-order valence-electron chi connectivity index (χ0n) is 14.3. The predicted octanol–water partition coefficient (Wildman–Crippen LogP) is 3.35. The number of hydrogen-bond donors (Lipinski definition) is 0. The SMILES string of the molecule is COc1ccc(C2CCCN2c2nccn3c(C4CC4)nnc23)cc1. The third-order valence-electron chi connectivity index (χ3n) is 5.30. The van der Waals surface area contributed by atoms with Crippen LogP contribution in [0.15, 0.2) is 36.7 Å². The molecule has 6 heteroatoms. The van der Waals surface area contributed by atoms with E-state index in [0.29, 0.717) is 12.0 Å². The third kappa shape index (κ3) is 2.44. The third-order valence-corrected chi connectivity index (χ3v) is 5.30. The van der Waals surface area contributed by atoms with Gasteiger partial charge in [0.15, 0.2) is 5.82 Å². The van der Waals surface area contributed by atoms with Gasteiger partial charge in [-0.05, 0) is 43.4 Å². The maximum absolute atomic E-state index is 5.28. The van der Waals surface area contributed by atoms with E-state index in [1.165, 1.54) is 18.4 Å². The van der Waals surface area contributed by atoms with E-state index in [1.807, 2.05) is 24.5 Å². The van der Waals surface area contributed by atoms with Gasteiger partial charge >= 0.3 is 0 Å². The van der Waals surface area contributed by atoms with E-state index >= 15 is 0 Å².